The van der Waals surface area contributed by atoms with Crippen molar-refractivity contribution >= 4 is 0 Å². The standard InChI is InChI=1S/C9H16O2/c1-3-5-10-6-9(4-2)7-11-8-9/h3H,1,4-8H2,2H3. The Hall–Kier alpha value is -0.340. The SMILES string of the molecule is C=CCOCC1(CC)COC1. The Bertz CT molecular complexity index is 122. The third kappa shape index (κ3) is 2.04. The summed E-state index contributed by atoms with van der Waals surface area (Å²) < 4.78 is 10.5. The van der Waals surface area contributed by atoms with E-state index in [1.165, 1.54) is 0 Å². The molecule has 0 atom stereocenters. The van der Waals surface area contributed by atoms with Gasteiger partial charge in [0, 0.05) is 5.41 Å². The van der Waals surface area contributed by atoms with Crippen LogP contribution in [0.4, 0.5) is 0 Å². The van der Waals surface area contributed by atoms with Gasteiger partial charge >= 0.3 is 0 Å². The average Bonchev–Trinajstić information content (AvgIpc) is 1.95. The van der Waals surface area contributed by atoms with Gasteiger partial charge in [-0.25, -0.2) is 0 Å². The van der Waals surface area contributed by atoms with Crippen molar-refractivity contribution in [3.63, 3.8) is 0 Å². The lowest BCUT2D eigenvalue weighted by molar-refractivity contribution is -0.147. The number of ether oxygens (including phenoxy) is 2. The van der Waals surface area contributed by atoms with E-state index < -0.39 is 0 Å². The van der Waals surface area contributed by atoms with E-state index >= 15 is 0 Å². The third-order valence-electron chi connectivity index (χ3n) is 2.21. The molecule has 0 aromatic rings. The predicted molar refractivity (Wildman–Crippen MR) is 44.6 cm³/mol. The molecule has 0 spiro atoms. The molecule has 1 aliphatic rings. The van der Waals surface area contributed by atoms with Crippen LogP contribution in [0.5, 0.6) is 0 Å². The molecule has 1 aliphatic heterocycles. The van der Waals surface area contributed by atoms with E-state index in [0.29, 0.717) is 12.0 Å². The molecule has 0 bridgehead atoms. The lowest BCUT2D eigenvalue weighted by atomic mass is 9.84. The highest BCUT2D eigenvalue weighted by atomic mass is 16.5. The van der Waals surface area contributed by atoms with Gasteiger partial charge in [0.05, 0.1) is 26.4 Å². The van der Waals surface area contributed by atoms with E-state index in [1.54, 1.807) is 6.08 Å². The monoisotopic (exact) mass is 156 g/mol. The minimum atomic E-state index is 0.322. The van der Waals surface area contributed by atoms with Crippen molar-refractivity contribution in [1.29, 1.82) is 0 Å². The molecule has 0 aliphatic carbocycles. The topological polar surface area (TPSA) is 18.5 Å². The van der Waals surface area contributed by atoms with Gasteiger partial charge in [-0.1, -0.05) is 13.0 Å². The molecule has 1 fully saturated rings. The van der Waals surface area contributed by atoms with Gasteiger partial charge in [-0.2, -0.15) is 0 Å². The summed E-state index contributed by atoms with van der Waals surface area (Å²) in [5, 5.41) is 0. The maximum atomic E-state index is 5.38. The Labute approximate surface area is 68.2 Å². The lowest BCUT2D eigenvalue weighted by Crippen LogP contribution is -2.45. The molecule has 0 amide bonds. The fourth-order valence-corrected chi connectivity index (χ4v) is 1.14. The molecule has 0 aromatic carbocycles. The van der Waals surface area contributed by atoms with Crippen LogP contribution in [-0.4, -0.2) is 26.4 Å². The van der Waals surface area contributed by atoms with Gasteiger partial charge in [-0.3, -0.25) is 0 Å². The molecule has 1 heterocycles. The quantitative estimate of drug-likeness (QED) is 0.445. The molecular formula is C9H16O2. The number of rotatable bonds is 5. The Morgan fingerprint density at radius 2 is 2.36 bits per heavy atom. The van der Waals surface area contributed by atoms with Gasteiger partial charge in [-0.15, -0.1) is 6.58 Å². The summed E-state index contributed by atoms with van der Waals surface area (Å²) in [6, 6.07) is 0. The van der Waals surface area contributed by atoms with Gasteiger partial charge in [0.1, 0.15) is 0 Å². The molecule has 0 unspecified atom stereocenters. The number of hydrogen-bond acceptors (Lipinski definition) is 2. The van der Waals surface area contributed by atoms with Crippen LogP contribution in [0.25, 0.3) is 0 Å². The van der Waals surface area contributed by atoms with Crippen molar-refractivity contribution in [1.82, 2.24) is 0 Å². The second-order valence-electron chi connectivity index (χ2n) is 3.15. The van der Waals surface area contributed by atoms with Crippen LogP contribution in [-0.2, 0) is 9.47 Å². The van der Waals surface area contributed by atoms with Crippen LogP contribution >= 0.6 is 0 Å². The average molecular weight is 156 g/mol. The van der Waals surface area contributed by atoms with Gasteiger partial charge in [0.25, 0.3) is 0 Å². The molecule has 11 heavy (non-hydrogen) atoms. The second-order valence-corrected chi connectivity index (χ2v) is 3.15. The third-order valence-corrected chi connectivity index (χ3v) is 2.21. The summed E-state index contributed by atoms with van der Waals surface area (Å²) in [4.78, 5) is 0. The lowest BCUT2D eigenvalue weighted by Gasteiger charge is -2.40. The Morgan fingerprint density at radius 3 is 2.73 bits per heavy atom. The van der Waals surface area contributed by atoms with Crippen LogP contribution in [0, 0.1) is 5.41 Å². The highest BCUT2D eigenvalue weighted by Gasteiger charge is 2.36. The zero-order valence-corrected chi connectivity index (χ0v) is 7.14. The first-order valence-corrected chi connectivity index (χ1v) is 4.09. The molecule has 0 radical (unpaired) electrons. The molecule has 2 heteroatoms. The second kappa shape index (κ2) is 3.88. The summed E-state index contributed by atoms with van der Waals surface area (Å²) in [5.41, 5.74) is 0.322. The van der Waals surface area contributed by atoms with E-state index in [9.17, 15) is 0 Å². The molecule has 64 valence electrons. The van der Waals surface area contributed by atoms with Crippen molar-refractivity contribution in [2.75, 3.05) is 26.4 Å². The van der Waals surface area contributed by atoms with Crippen molar-refractivity contribution in [2.45, 2.75) is 13.3 Å². The highest BCUT2D eigenvalue weighted by molar-refractivity contribution is 4.84. The highest BCUT2D eigenvalue weighted by Crippen LogP contribution is 2.31. The van der Waals surface area contributed by atoms with Crippen LogP contribution in [0.15, 0.2) is 12.7 Å². The van der Waals surface area contributed by atoms with Gasteiger partial charge < -0.3 is 9.47 Å². The van der Waals surface area contributed by atoms with Gasteiger partial charge in [-0.05, 0) is 6.42 Å². The summed E-state index contributed by atoms with van der Waals surface area (Å²) in [5.74, 6) is 0. The fourth-order valence-electron chi connectivity index (χ4n) is 1.14. The zero-order chi connectivity index (χ0) is 8.16. The van der Waals surface area contributed by atoms with Crippen LogP contribution in [0.2, 0.25) is 0 Å². The Kier molecular flexibility index (Phi) is 3.09. The molecule has 1 rings (SSSR count). The molecule has 0 saturated carbocycles. The van der Waals surface area contributed by atoms with E-state index in [2.05, 4.69) is 13.5 Å². The van der Waals surface area contributed by atoms with Crippen molar-refractivity contribution in [3.8, 4) is 0 Å². The van der Waals surface area contributed by atoms with Crippen LogP contribution in [0.1, 0.15) is 13.3 Å². The molecule has 1 saturated heterocycles. The molecule has 0 N–H and O–H groups in total. The summed E-state index contributed by atoms with van der Waals surface area (Å²) in [6.45, 7) is 8.97. The van der Waals surface area contributed by atoms with Crippen molar-refractivity contribution in [3.05, 3.63) is 12.7 Å². The minimum absolute atomic E-state index is 0.322. The zero-order valence-electron chi connectivity index (χ0n) is 7.14. The first kappa shape index (κ1) is 8.75. The summed E-state index contributed by atoms with van der Waals surface area (Å²) in [6.07, 6.45) is 2.92. The van der Waals surface area contributed by atoms with Gasteiger partial charge in [0.15, 0.2) is 0 Å². The normalized spacial score (nSPS) is 20.8. The van der Waals surface area contributed by atoms with Crippen molar-refractivity contribution < 1.29 is 9.47 Å². The largest absolute Gasteiger partial charge is 0.380 e. The van der Waals surface area contributed by atoms with E-state index in [-0.39, 0.29) is 0 Å². The molecule has 2 nitrogen and oxygen atoms in total. The molecule has 0 aromatic heterocycles. The van der Waals surface area contributed by atoms with E-state index in [1.807, 2.05) is 0 Å². The van der Waals surface area contributed by atoms with Crippen LogP contribution < -0.4 is 0 Å². The Morgan fingerprint density at radius 1 is 1.64 bits per heavy atom. The molecular weight excluding hydrogens is 140 g/mol. The maximum Gasteiger partial charge on any atom is 0.0645 e. The van der Waals surface area contributed by atoms with E-state index in [0.717, 1.165) is 26.2 Å². The maximum absolute atomic E-state index is 5.38. The first-order valence-electron chi connectivity index (χ1n) is 4.09. The van der Waals surface area contributed by atoms with Crippen LogP contribution in [0.3, 0.4) is 0 Å². The minimum Gasteiger partial charge on any atom is -0.380 e. The first-order chi connectivity index (χ1) is 5.33. The predicted octanol–water partition coefficient (Wildman–Crippen LogP) is 1.62. The van der Waals surface area contributed by atoms with Crippen molar-refractivity contribution in [2.24, 2.45) is 5.41 Å². The summed E-state index contributed by atoms with van der Waals surface area (Å²) in [7, 11) is 0. The fraction of sp³-hybridized carbons (Fsp3) is 0.778. The number of hydrogen-bond donors (Lipinski definition) is 0. The summed E-state index contributed by atoms with van der Waals surface area (Å²) >= 11 is 0. The smallest absolute Gasteiger partial charge is 0.0645 e. The Balaban J connectivity index is 2.16. The van der Waals surface area contributed by atoms with E-state index in [4.69, 9.17) is 9.47 Å². The van der Waals surface area contributed by atoms with Gasteiger partial charge in [0.2, 0.25) is 0 Å².